The van der Waals surface area contributed by atoms with Crippen LogP contribution in [0, 0.1) is 11.3 Å². The van der Waals surface area contributed by atoms with Crippen molar-refractivity contribution in [1.29, 1.82) is 5.41 Å². The fourth-order valence-corrected chi connectivity index (χ4v) is 5.07. The Morgan fingerprint density at radius 2 is 1.97 bits per heavy atom. The number of hydrogen-bond donors (Lipinski definition) is 4. The second-order valence-electron chi connectivity index (χ2n) is 8.65. The highest BCUT2D eigenvalue weighted by molar-refractivity contribution is 5.98. The Morgan fingerprint density at radius 1 is 1.17 bits per heavy atom. The van der Waals surface area contributed by atoms with Gasteiger partial charge in [0, 0.05) is 24.4 Å². The van der Waals surface area contributed by atoms with Gasteiger partial charge < -0.3 is 21.4 Å². The molecule has 0 spiro atoms. The van der Waals surface area contributed by atoms with E-state index in [1.54, 1.807) is 0 Å². The van der Waals surface area contributed by atoms with Gasteiger partial charge >= 0.3 is 0 Å². The van der Waals surface area contributed by atoms with Gasteiger partial charge in [-0.05, 0) is 66.0 Å². The first-order chi connectivity index (χ1) is 14.6. The number of nitrogens with one attached hydrogen (secondary N) is 4. The maximum atomic E-state index is 12.6. The molecular weight excluding hydrogens is 376 g/mol. The average Bonchev–Trinajstić information content (AvgIpc) is 3.50. The van der Waals surface area contributed by atoms with E-state index in [4.69, 9.17) is 5.41 Å². The van der Waals surface area contributed by atoms with E-state index >= 15 is 0 Å². The van der Waals surface area contributed by atoms with E-state index in [-0.39, 0.29) is 23.9 Å². The van der Waals surface area contributed by atoms with Crippen LogP contribution in [0.2, 0.25) is 0 Å². The Balaban J connectivity index is 1.23. The van der Waals surface area contributed by atoms with Crippen LogP contribution in [0.15, 0.2) is 42.5 Å². The summed E-state index contributed by atoms with van der Waals surface area (Å²) in [7, 11) is 0. The van der Waals surface area contributed by atoms with Crippen molar-refractivity contribution in [2.45, 2.75) is 50.4 Å². The number of rotatable bonds is 6. The van der Waals surface area contributed by atoms with Crippen LogP contribution < -0.4 is 16.0 Å². The maximum Gasteiger partial charge on any atom is 0.251 e. The number of carbonyl (C=O) groups excluding carboxylic acids is 2. The third-order valence-electron chi connectivity index (χ3n) is 6.70. The molecule has 2 heterocycles. The highest BCUT2D eigenvalue weighted by Crippen LogP contribution is 2.35. The molecule has 2 fully saturated rings. The fourth-order valence-electron chi connectivity index (χ4n) is 5.07. The monoisotopic (exact) mass is 402 g/mol. The van der Waals surface area contributed by atoms with Crippen molar-refractivity contribution in [3.05, 3.63) is 59.2 Å². The van der Waals surface area contributed by atoms with Gasteiger partial charge in [-0.3, -0.25) is 9.59 Å². The summed E-state index contributed by atoms with van der Waals surface area (Å²) in [6, 6.07) is 14.2. The Morgan fingerprint density at radius 3 is 2.67 bits per heavy atom. The average molecular weight is 402 g/mol. The number of piperidine rings is 1. The van der Waals surface area contributed by atoms with Crippen LogP contribution in [0.1, 0.15) is 40.7 Å². The molecule has 2 bridgehead atoms. The zero-order valence-electron chi connectivity index (χ0n) is 16.8. The minimum atomic E-state index is -0.304. The van der Waals surface area contributed by atoms with Crippen LogP contribution in [-0.2, 0) is 17.8 Å². The molecule has 6 nitrogen and oxygen atoms in total. The highest BCUT2D eigenvalue weighted by Gasteiger charge is 2.42. The van der Waals surface area contributed by atoms with Gasteiger partial charge in [-0.15, -0.1) is 0 Å². The molecule has 0 aromatic heterocycles. The van der Waals surface area contributed by atoms with Gasteiger partial charge in [-0.2, -0.15) is 0 Å². The fraction of sp³-hybridized carbons (Fsp3) is 0.375. The summed E-state index contributed by atoms with van der Waals surface area (Å²) in [6.07, 6.45) is 5.31. The van der Waals surface area contributed by atoms with Gasteiger partial charge in [0.25, 0.3) is 5.91 Å². The smallest absolute Gasteiger partial charge is 0.251 e. The zero-order chi connectivity index (χ0) is 20.7. The molecule has 2 aliphatic heterocycles. The lowest BCUT2D eigenvalue weighted by atomic mass is 9.97. The second kappa shape index (κ2) is 7.69. The molecule has 2 aromatic carbocycles. The molecule has 154 valence electrons. The first-order valence-corrected chi connectivity index (χ1v) is 10.7. The first kappa shape index (κ1) is 19.0. The van der Waals surface area contributed by atoms with Crippen LogP contribution in [0.25, 0.3) is 11.1 Å². The molecule has 1 saturated heterocycles. The van der Waals surface area contributed by atoms with Crippen LogP contribution >= 0.6 is 0 Å². The van der Waals surface area contributed by atoms with E-state index < -0.39 is 0 Å². The lowest BCUT2D eigenvalue weighted by molar-refractivity contribution is -0.124. The summed E-state index contributed by atoms with van der Waals surface area (Å²) >= 11 is 0. The van der Waals surface area contributed by atoms with E-state index in [0.29, 0.717) is 24.9 Å². The van der Waals surface area contributed by atoms with Gasteiger partial charge in [0.1, 0.15) is 0 Å². The normalized spacial score (nSPS) is 24.9. The van der Waals surface area contributed by atoms with Crippen molar-refractivity contribution in [3.63, 3.8) is 0 Å². The topological polar surface area (TPSA) is 94.1 Å². The summed E-state index contributed by atoms with van der Waals surface area (Å²) in [4.78, 5) is 24.4. The van der Waals surface area contributed by atoms with E-state index in [1.807, 2.05) is 24.3 Å². The molecular formula is C24H26N4O2. The molecule has 4 N–H and O–H groups in total. The van der Waals surface area contributed by atoms with Crippen LogP contribution in [-0.4, -0.2) is 36.2 Å². The lowest BCUT2D eigenvalue weighted by Gasteiger charge is -2.24. The molecule has 2 amide bonds. The summed E-state index contributed by atoms with van der Waals surface area (Å²) in [5, 5.41) is 17.0. The highest BCUT2D eigenvalue weighted by atomic mass is 16.2. The number of fused-ring (bicyclic) bond motifs is 3. The number of amides is 2. The molecule has 3 aliphatic rings. The van der Waals surface area contributed by atoms with E-state index in [9.17, 15) is 9.59 Å². The van der Waals surface area contributed by atoms with Crippen molar-refractivity contribution in [3.8, 4) is 11.1 Å². The first-order valence-electron chi connectivity index (χ1n) is 10.7. The second-order valence-corrected chi connectivity index (χ2v) is 8.65. The number of benzene rings is 2. The SMILES string of the molecule is N=C[C@H](Cc1ccc(-c2ccc3c(c2)CNC3=O)cc1)NC(=O)[C@H]1N[C@@H]2CC[C@H]1C2. The molecule has 2 aromatic rings. The Kier molecular flexibility index (Phi) is 4.87. The van der Waals surface area contributed by atoms with Crippen molar-refractivity contribution in [2.75, 3.05) is 0 Å². The van der Waals surface area contributed by atoms with Gasteiger partial charge in [-0.1, -0.05) is 30.3 Å². The van der Waals surface area contributed by atoms with E-state index in [1.165, 1.54) is 12.6 Å². The molecule has 5 rings (SSSR count). The molecule has 0 radical (unpaired) electrons. The molecule has 30 heavy (non-hydrogen) atoms. The van der Waals surface area contributed by atoms with Crippen LogP contribution in [0.3, 0.4) is 0 Å². The largest absolute Gasteiger partial charge is 0.348 e. The number of carbonyl (C=O) groups is 2. The van der Waals surface area contributed by atoms with Gasteiger partial charge in [0.05, 0.1) is 12.1 Å². The van der Waals surface area contributed by atoms with Crippen molar-refractivity contribution >= 4 is 18.0 Å². The van der Waals surface area contributed by atoms with Gasteiger partial charge in [0.2, 0.25) is 5.91 Å². The lowest BCUT2D eigenvalue weighted by Crippen LogP contribution is -2.51. The van der Waals surface area contributed by atoms with Crippen molar-refractivity contribution in [2.24, 2.45) is 5.92 Å². The van der Waals surface area contributed by atoms with Crippen LogP contribution in [0.5, 0.6) is 0 Å². The summed E-state index contributed by atoms with van der Waals surface area (Å²) in [5.74, 6) is 0.458. The minimum Gasteiger partial charge on any atom is -0.348 e. The Bertz CT molecular complexity index is 1000. The van der Waals surface area contributed by atoms with Crippen molar-refractivity contribution in [1.82, 2.24) is 16.0 Å². The van der Waals surface area contributed by atoms with E-state index in [0.717, 1.165) is 40.7 Å². The Hall–Kier alpha value is -2.99. The molecule has 1 saturated carbocycles. The molecule has 1 aliphatic carbocycles. The van der Waals surface area contributed by atoms with Crippen LogP contribution in [0.4, 0.5) is 0 Å². The quantitative estimate of drug-likeness (QED) is 0.559. The standard InChI is InChI=1S/C24H26N4O2/c25-12-20(28-24(30)22-17-5-7-19(11-17)27-22)9-14-1-3-15(4-2-14)16-6-8-21-18(10-16)13-26-23(21)29/h1-4,6,8,10,12,17,19-20,22,25,27H,5,7,9,11,13H2,(H,26,29)(H,28,30)/t17-,19+,20-,22-/m0/s1. The third-order valence-corrected chi connectivity index (χ3v) is 6.70. The molecule has 0 unspecified atom stereocenters. The molecule has 6 heteroatoms. The van der Waals surface area contributed by atoms with Gasteiger partial charge in [-0.25, -0.2) is 0 Å². The third kappa shape index (κ3) is 3.52. The van der Waals surface area contributed by atoms with Crippen molar-refractivity contribution < 1.29 is 9.59 Å². The maximum absolute atomic E-state index is 12.6. The Labute approximate surface area is 176 Å². The summed E-state index contributed by atoms with van der Waals surface area (Å²) in [5.41, 5.74) is 5.03. The predicted octanol–water partition coefficient (Wildman–Crippen LogP) is 2.41. The summed E-state index contributed by atoms with van der Waals surface area (Å²) in [6.45, 7) is 0.582. The van der Waals surface area contributed by atoms with Gasteiger partial charge in [0.15, 0.2) is 0 Å². The number of hydrogen-bond acceptors (Lipinski definition) is 4. The van der Waals surface area contributed by atoms with E-state index in [2.05, 4.69) is 34.1 Å². The minimum absolute atomic E-state index is 0.00716. The predicted molar refractivity (Wildman–Crippen MR) is 116 cm³/mol. The summed E-state index contributed by atoms with van der Waals surface area (Å²) < 4.78 is 0. The molecule has 4 atom stereocenters. The zero-order valence-corrected chi connectivity index (χ0v) is 16.8.